The molecule has 4 rings (SSSR count). The van der Waals surface area contributed by atoms with E-state index in [1.54, 1.807) is 13.1 Å². The predicted molar refractivity (Wildman–Crippen MR) is 119 cm³/mol. The summed E-state index contributed by atoms with van der Waals surface area (Å²) in [4.78, 5) is 25.1. The molecule has 160 valence electrons. The molecule has 7 nitrogen and oxygen atoms in total. The van der Waals surface area contributed by atoms with Crippen molar-refractivity contribution >= 4 is 23.3 Å². The Morgan fingerprint density at radius 3 is 2.58 bits per heavy atom. The van der Waals surface area contributed by atoms with Gasteiger partial charge in [-0.15, -0.1) is 0 Å². The standard InChI is InChI=1S/C24H26N4O3/c1-28-22(26-23(29)18-9-5-6-10-18)15-21(27-28)24(30)25-19-11-7-8-17(14-19)16-31-20-12-3-2-4-13-20/h2-4,7-8,11-15,18H,5-6,9-10,16H2,1H3,(H,25,30)(H,26,29). The fourth-order valence-corrected chi connectivity index (χ4v) is 3.73. The Bertz CT molecular complexity index is 1060. The lowest BCUT2D eigenvalue weighted by Gasteiger charge is -2.09. The third-order valence-electron chi connectivity index (χ3n) is 5.42. The van der Waals surface area contributed by atoms with E-state index >= 15 is 0 Å². The number of ether oxygens (including phenoxy) is 1. The van der Waals surface area contributed by atoms with Crippen LogP contribution in [0, 0.1) is 5.92 Å². The fraction of sp³-hybridized carbons (Fsp3) is 0.292. The van der Waals surface area contributed by atoms with Gasteiger partial charge in [0.05, 0.1) is 0 Å². The van der Waals surface area contributed by atoms with Gasteiger partial charge in [0.15, 0.2) is 5.69 Å². The van der Waals surface area contributed by atoms with Crippen LogP contribution in [0.3, 0.4) is 0 Å². The number of benzene rings is 2. The zero-order valence-electron chi connectivity index (χ0n) is 17.5. The second-order valence-corrected chi connectivity index (χ2v) is 7.77. The minimum atomic E-state index is -0.335. The van der Waals surface area contributed by atoms with Crippen molar-refractivity contribution in [2.75, 3.05) is 10.6 Å². The summed E-state index contributed by atoms with van der Waals surface area (Å²) in [5, 5.41) is 10.0. The SMILES string of the molecule is Cn1nc(C(=O)Nc2cccc(COc3ccccc3)c2)cc1NC(=O)C1CCCC1. The molecule has 1 aliphatic carbocycles. The topological polar surface area (TPSA) is 85.2 Å². The molecule has 0 aliphatic heterocycles. The third-order valence-corrected chi connectivity index (χ3v) is 5.42. The van der Waals surface area contributed by atoms with E-state index in [-0.39, 0.29) is 23.4 Å². The van der Waals surface area contributed by atoms with Gasteiger partial charge in [0, 0.05) is 24.7 Å². The molecular weight excluding hydrogens is 392 g/mol. The number of amides is 2. The van der Waals surface area contributed by atoms with E-state index in [0.29, 0.717) is 18.1 Å². The lowest BCUT2D eigenvalue weighted by atomic mass is 10.1. The molecule has 3 aromatic rings. The lowest BCUT2D eigenvalue weighted by molar-refractivity contribution is -0.119. The average molecular weight is 418 g/mol. The molecule has 31 heavy (non-hydrogen) atoms. The molecule has 1 aromatic heterocycles. The molecule has 0 atom stereocenters. The molecule has 2 amide bonds. The summed E-state index contributed by atoms with van der Waals surface area (Å²) in [6, 6.07) is 18.7. The van der Waals surface area contributed by atoms with Crippen molar-refractivity contribution in [3.8, 4) is 5.75 Å². The number of rotatable bonds is 7. The Kier molecular flexibility index (Phi) is 6.31. The highest BCUT2D eigenvalue weighted by Crippen LogP contribution is 2.26. The number of carbonyl (C=O) groups is 2. The summed E-state index contributed by atoms with van der Waals surface area (Å²) < 4.78 is 7.29. The molecule has 0 unspecified atom stereocenters. The summed E-state index contributed by atoms with van der Waals surface area (Å²) >= 11 is 0. The molecular formula is C24H26N4O3. The van der Waals surface area contributed by atoms with Crippen LogP contribution >= 0.6 is 0 Å². The third kappa shape index (κ3) is 5.31. The van der Waals surface area contributed by atoms with Gasteiger partial charge >= 0.3 is 0 Å². The molecule has 1 aliphatic rings. The van der Waals surface area contributed by atoms with Crippen LogP contribution in [0.2, 0.25) is 0 Å². The van der Waals surface area contributed by atoms with Gasteiger partial charge in [-0.05, 0) is 42.7 Å². The Morgan fingerprint density at radius 2 is 1.81 bits per heavy atom. The maximum absolute atomic E-state index is 12.7. The summed E-state index contributed by atoms with van der Waals surface area (Å²) in [5.74, 6) is 1.02. The van der Waals surface area contributed by atoms with E-state index in [9.17, 15) is 9.59 Å². The van der Waals surface area contributed by atoms with Gasteiger partial charge in [-0.3, -0.25) is 14.3 Å². The van der Waals surface area contributed by atoms with E-state index in [4.69, 9.17) is 4.74 Å². The molecule has 2 aromatic carbocycles. The van der Waals surface area contributed by atoms with Gasteiger partial charge in [-0.25, -0.2) is 0 Å². The van der Waals surface area contributed by atoms with Crippen molar-refractivity contribution in [3.05, 3.63) is 71.9 Å². The zero-order valence-corrected chi connectivity index (χ0v) is 17.5. The number of hydrogen-bond acceptors (Lipinski definition) is 4. The molecule has 2 N–H and O–H groups in total. The Balaban J connectivity index is 1.37. The number of carbonyl (C=O) groups excluding carboxylic acids is 2. The molecule has 0 bridgehead atoms. The first-order valence-electron chi connectivity index (χ1n) is 10.5. The first-order chi connectivity index (χ1) is 15.1. The van der Waals surface area contributed by atoms with Gasteiger partial charge in [0.25, 0.3) is 5.91 Å². The number of nitrogens with one attached hydrogen (secondary N) is 2. The van der Waals surface area contributed by atoms with E-state index in [1.165, 1.54) is 4.68 Å². The fourth-order valence-electron chi connectivity index (χ4n) is 3.73. The summed E-state index contributed by atoms with van der Waals surface area (Å²) in [6.07, 6.45) is 4.02. The minimum Gasteiger partial charge on any atom is -0.489 e. The van der Waals surface area contributed by atoms with Crippen molar-refractivity contribution in [3.63, 3.8) is 0 Å². The van der Waals surface area contributed by atoms with Gasteiger partial charge in [-0.2, -0.15) is 5.10 Å². The van der Waals surface area contributed by atoms with E-state index in [1.807, 2.05) is 54.6 Å². The highest BCUT2D eigenvalue weighted by molar-refractivity contribution is 6.04. The highest BCUT2D eigenvalue weighted by Gasteiger charge is 2.24. The van der Waals surface area contributed by atoms with Gasteiger partial charge < -0.3 is 15.4 Å². The van der Waals surface area contributed by atoms with Crippen molar-refractivity contribution in [2.45, 2.75) is 32.3 Å². The highest BCUT2D eigenvalue weighted by atomic mass is 16.5. The number of aryl methyl sites for hydroxylation is 1. The van der Waals surface area contributed by atoms with Crippen molar-refractivity contribution in [1.29, 1.82) is 0 Å². The maximum Gasteiger partial charge on any atom is 0.276 e. The summed E-state index contributed by atoms with van der Waals surface area (Å²) in [5.41, 5.74) is 1.84. The van der Waals surface area contributed by atoms with E-state index in [0.717, 1.165) is 37.0 Å². The van der Waals surface area contributed by atoms with Crippen molar-refractivity contribution < 1.29 is 14.3 Å². The Hall–Kier alpha value is -3.61. The van der Waals surface area contributed by atoms with Crippen LogP contribution in [0.4, 0.5) is 11.5 Å². The van der Waals surface area contributed by atoms with Gasteiger partial charge in [0.1, 0.15) is 18.2 Å². The molecule has 0 spiro atoms. The monoisotopic (exact) mass is 418 g/mol. The minimum absolute atomic E-state index is 0.00132. The normalized spacial score (nSPS) is 13.7. The van der Waals surface area contributed by atoms with Crippen LogP contribution in [-0.2, 0) is 18.4 Å². The predicted octanol–water partition coefficient (Wildman–Crippen LogP) is 4.38. The second kappa shape index (κ2) is 9.47. The first-order valence-corrected chi connectivity index (χ1v) is 10.5. The largest absolute Gasteiger partial charge is 0.489 e. The number of nitrogens with zero attached hydrogens (tertiary/aromatic N) is 2. The van der Waals surface area contributed by atoms with Crippen molar-refractivity contribution in [1.82, 2.24) is 9.78 Å². The lowest BCUT2D eigenvalue weighted by Crippen LogP contribution is -2.21. The number of para-hydroxylation sites is 1. The van der Waals surface area contributed by atoms with Crippen LogP contribution in [0.1, 0.15) is 41.7 Å². The van der Waals surface area contributed by atoms with Crippen LogP contribution in [-0.4, -0.2) is 21.6 Å². The number of aromatic nitrogens is 2. The van der Waals surface area contributed by atoms with Gasteiger partial charge in [-0.1, -0.05) is 43.2 Å². The molecule has 0 saturated heterocycles. The molecule has 1 saturated carbocycles. The molecule has 0 radical (unpaired) electrons. The maximum atomic E-state index is 12.7. The van der Waals surface area contributed by atoms with Crippen LogP contribution < -0.4 is 15.4 Å². The van der Waals surface area contributed by atoms with Crippen LogP contribution in [0.5, 0.6) is 5.75 Å². The Labute approximate surface area is 181 Å². The molecule has 1 fully saturated rings. The molecule has 1 heterocycles. The molecule has 7 heteroatoms. The summed E-state index contributed by atoms with van der Waals surface area (Å²) in [6.45, 7) is 0.397. The van der Waals surface area contributed by atoms with Crippen LogP contribution in [0.15, 0.2) is 60.7 Å². The van der Waals surface area contributed by atoms with Crippen molar-refractivity contribution in [2.24, 2.45) is 13.0 Å². The van der Waals surface area contributed by atoms with E-state index in [2.05, 4.69) is 15.7 Å². The zero-order chi connectivity index (χ0) is 21.6. The average Bonchev–Trinajstić information content (AvgIpc) is 3.44. The summed E-state index contributed by atoms with van der Waals surface area (Å²) in [7, 11) is 1.71. The van der Waals surface area contributed by atoms with Crippen LogP contribution in [0.25, 0.3) is 0 Å². The smallest absolute Gasteiger partial charge is 0.276 e. The number of hydrogen-bond donors (Lipinski definition) is 2. The second-order valence-electron chi connectivity index (χ2n) is 7.77. The van der Waals surface area contributed by atoms with E-state index < -0.39 is 0 Å². The quantitative estimate of drug-likeness (QED) is 0.596. The Morgan fingerprint density at radius 1 is 1.03 bits per heavy atom. The first kappa shape index (κ1) is 20.7. The van der Waals surface area contributed by atoms with Gasteiger partial charge in [0.2, 0.25) is 5.91 Å². The number of anilines is 2.